The number of hydrogen-bond donors (Lipinski definition) is 3. The summed E-state index contributed by atoms with van der Waals surface area (Å²) in [7, 11) is 0. The summed E-state index contributed by atoms with van der Waals surface area (Å²) >= 11 is -1.26. The van der Waals surface area contributed by atoms with Gasteiger partial charge in [0.2, 0.25) is 5.91 Å². The molecule has 2 aliphatic carbocycles. The molecule has 8 nitrogen and oxygen atoms in total. The van der Waals surface area contributed by atoms with E-state index < -0.39 is 18.2 Å². The first kappa shape index (κ1) is 20.3. The number of hydrogen-bond acceptors (Lipinski definition) is 6. The van der Waals surface area contributed by atoms with Crippen molar-refractivity contribution in [3.05, 3.63) is 17.7 Å². The van der Waals surface area contributed by atoms with Crippen LogP contribution in [0.3, 0.4) is 0 Å². The van der Waals surface area contributed by atoms with Gasteiger partial charge < -0.3 is 20.0 Å². The third kappa shape index (κ3) is 4.79. The van der Waals surface area contributed by atoms with Crippen molar-refractivity contribution >= 4 is 41.2 Å². The molecule has 1 aliphatic heterocycles. The summed E-state index contributed by atoms with van der Waals surface area (Å²) in [4.78, 5) is 31.2. The smallest absolute Gasteiger partial charge is 0.337 e. The van der Waals surface area contributed by atoms with Gasteiger partial charge in [-0.1, -0.05) is 0 Å². The molecule has 2 saturated carbocycles. The SMILES string of the molecule is CC(=O)Nc1cc(C(=O)O)c(N2CCC3(CC2)CC3)cc1N[SH4]OOC1(C)CC1. The fourth-order valence-electron chi connectivity index (χ4n) is 3.90. The first-order valence-corrected chi connectivity index (χ1v) is 11.6. The number of amides is 1. The molecular weight excluding hydrogens is 394 g/mol. The summed E-state index contributed by atoms with van der Waals surface area (Å²) in [5.74, 6) is -1.25. The van der Waals surface area contributed by atoms with Crippen molar-refractivity contribution in [2.75, 3.05) is 28.0 Å². The van der Waals surface area contributed by atoms with Crippen LogP contribution < -0.4 is 14.9 Å². The standard InChI is InChI=1S/C20H31N3O5S/c1-13(24)21-15-11-14(18(25)26)17(23-9-7-20(5-6-20)8-10-23)12-16(15)22-29-28-27-19(2)3-4-19/h11-12,22H,3-10H2,1-2H3,29H4,(H,21,24)(H,25,26). The van der Waals surface area contributed by atoms with Gasteiger partial charge in [-0.3, -0.25) is 4.79 Å². The third-order valence-corrected chi connectivity index (χ3v) is 7.10. The molecule has 1 spiro atoms. The molecule has 3 N–H and O–H groups in total. The summed E-state index contributed by atoms with van der Waals surface area (Å²) in [5, 5.41) is 12.5. The highest BCUT2D eigenvalue weighted by atomic mass is 32.2. The molecule has 1 amide bonds. The van der Waals surface area contributed by atoms with Crippen LogP contribution in [0.1, 0.15) is 62.7 Å². The Morgan fingerprint density at radius 2 is 1.79 bits per heavy atom. The van der Waals surface area contributed by atoms with E-state index in [2.05, 4.69) is 14.9 Å². The number of rotatable bonds is 8. The zero-order valence-electron chi connectivity index (χ0n) is 17.0. The summed E-state index contributed by atoms with van der Waals surface area (Å²) in [6.07, 6.45) is 6.78. The molecule has 0 atom stereocenters. The van der Waals surface area contributed by atoms with Crippen LogP contribution in [0.25, 0.3) is 0 Å². The minimum atomic E-state index is -1.26. The quantitative estimate of drug-likeness (QED) is 0.334. The Kier molecular flexibility index (Phi) is 5.39. The van der Waals surface area contributed by atoms with Crippen LogP contribution in [0.15, 0.2) is 12.1 Å². The number of anilines is 3. The van der Waals surface area contributed by atoms with Gasteiger partial charge >= 0.3 is 5.97 Å². The maximum absolute atomic E-state index is 11.9. The molecule has 9 heteroatoms. The molecule has 3 aliphatic rings. The molecule has 1 heterocycles. The predicted octanol–water partition coefficient (Wildman–Crippen LogP) is 3.13. The molecule has 1 saturated heterocycles. The molecule has 0 aromatic heterocycles. The number of piperidine rings is 1. The highest BCUT2D eigenvalue weighted by Gasteiger charge is 2.44. The maximum Gasteiger partial charge on any atom is 0.337 e. The average Bonchev–Trinajstić information content (AvgIpc) is 3.59. The number of benzene rings is 1. The second-order valence-corrected chi connectivity index (χ2v) is 9.74. The van der Waals surface area contributed by atoms with E-state index in [0.29, 0.717) is 22.5 Å². The van der Waals surface area contributed by atoms with Crippen LogP contribution in [-0.4, -0.2) is 35.7 Å². The summed E-state index contributed by atoms with van der Waals surface area (Å²) in [6.45, 7) is 5.12. The van der Waals surface area contributed by atoms with Gasteiger partial charge in [-0.15, -0.1) is 0 Å². The second kappa shape index (κ2) is 7.70. The molecule has 29 heavy (non-hydrogen) atoms. The number of carboxylic acids is 1. The van der Waals surface area contributed by atoms with E-state index in [1.165, 1.54) is 19.8 Å². The van der Waals surface area contributed by atoms with E-state index in [4.69, 9.17) is 9.22 Å². The monoisotopic (exact) mass is 425 g/mol. The van der Waals surface area contributed by atoms with Crippen LogP contribution in [0.2, 0.25) is 0 Å². The van der Waals surface area contributed by atoms with Crippen molar-refractivity contribution < 1.29 is 23.9 Å². The molecule has 1 aromatic carbocycles. The summed E-state index contributed by atoms with van der Waals surface area (Å²) in [6, 6.07) is 3.37. The molecule has 1 aromatic rings. The highest BCUT2D eigenvalue weighted by molar-refractivity contribution is 7.95. The Morgan fingerprint density at radius 3 is 2.34 bits per heavy atom. The maximum atomic E-state index is 11.9. The van der Waals surface area contributed by atoms with Gasteiger partial charge in [0.1, 0.15) is 5.60 Å². The number of nitrogens with zero attached hydrogens (tertiary/aromatic N) is 1. The van der Waals surface area contributed by atoms with Crippen LogP contribution in [0.5, 0.6) is 0 Å². The number of carbonyl (C=O) groups is 2. The Labute approximate surface area is 174 Å². The van der Waals surface area contributed by atoms with Crippen LogP contribution >= 0.6 is 12.2 Å². The lowest BCUT2D eigenvalue weighted by atomic mass is 9.93. The summed E-state index contributed by atoms with van der Waals surface area (Å²) in [5.41, 5.74) is 2.35. The second-order valence-electron chi connectivity index (χ2n) is 8.86. The predicted molar refractivity (Wildman–Crippen MR) is 117 cm³/mol. The van der Waals surface area contributed by atoms with Crippen LogP contribution in [-0.2, 0) is 14.0 Å². The largest absolute Gasteiger partial charge is 0.478 e. The lowest BCUT2D eigenvalue weighted by Crippen LogP contribution is -2.35. The molecule has 0 unspecified atom stereocenters. The molecule has 4 rings (SSSR count). The van der Waals surface area contributed by atoms with Gasteiger partial charge in [-0.2, -0.15) is 16.6 Å². The number of carboxylic acid groups (broad SMARTS) is 1. The molecular formula is C20H31N3O5S. The van der Waals surface area contributed by atoms with Gasteiger partial charge in [0.05, 0.1) is 22.6 Å². The van der Waals surface area contributed by atoms with Crippen LogP contribution in [0, 0.1) is 5.41 Å². The van der Waals surface area contributed by atoms with Gasteiger partial charge in [0.25, 0.3) is 0 Å². The Balaban J connectivity index is 1.54. The van der Waals surface area contributed by atoms with Gasteiger partial charge in [-0.25, -0.2) is 9.68 Å². The Hall–Kier alpha value is -1.97. The normalized spacial score (nSPS) is 21.1. The Bertz CT molecular complexity index is 813. The fourth-order valence-corrected chi connectivity index (χ4v) is 4.75. The Morgan fingerprint density at radius 1 is 1.10 bits per heavy atom. The first-order chi connectivity index (χ1) is 13.8. The third-order valence-electron chi connectivity index (χ3n) is 6.33. The van der Waals surface area contributed by atoms with Crippen molar-refractivity contribution in [2.24, 2.45) is 5.41 Å². The van der Waals surface area contributed by atoms with Crippen molar-refractivity contribution in [3.63, 3.8) is 0 Å². The highest BCUT2D eigenvalue weighted by Crippen LogP contribution is 2.54. The van der Waals surface area contributed by atoms with E-state index in [-0.39, 0.29) is 17.1 Å². The van der Waals surface area contributed by atoms with Crippen molar-refractivity contribution in [3.8, 4) is 0 Å². The van der Waals surface area contributed by atoms with Crippen molar-refractivity contribution in [1.29, 1.82) is 0 Å². The molecule has 0 radical (unpaired) electrons. The number of carbonyl (C=O) groups excluding carboxylic acids is 1. The van der Waals surface area contributed by atoms with Gasteiger partial charge in [0, 0.05) is 20.0 Å². The van der Waals surface area contributed by atoms with Gasteiger partial charge in [0.15, 0.2) is 0 Å². The first-order valence-electron chi connectivity index (χ1n) is 10.3. The summed E-state index contributed by atoms with van der Waals surface area (Å²) < 4.78 is 8.66. The zero-order chi connectivity index (χ0) is 20.6. The molecule has 3 fully saturated rings. The number of nitrogens with one attached hydrogen (secondary N) is 2. The van der Waals surface area contributed by atoms with Crippen molar-refractivity contribution in [1.82, 2.24) is 0 Å². The minimum Gasteiger partial charge on any atom is -0.478 e. The average molecular weight is 426 g/mol. The van der Waals surface area contributed by atoms with Gasteiger partial charge in [-0.05, 0) is 63.0 Å². The van der Waals surface area contributed by atoms with E-state index >= 15 is 0 Å². The number of aromatic carboxylic acids is 1. The lowest BCUT2D eigenvalue weighted by Gasteiger charge is -2.35. The fraction of sp³-hybridized carbons (Fsp3) is 0.600. The zero-order valence-corrected chi connectivity index (χ0v) is 18.5. The van der Waals surface area contributed by atoms with E-state index in [1.54, 1.807) is 6.07 Å². The van der Waals surface area contributed by atoms with E-state index in [9.17, 15) is 14.7 Å². The molecule has 0 bridgehead atoms. The molecule has 162 valence electrons. The minimum absolute atomic E-state index is 0.167. The van der Waals surface area contributed by atoms with E-state index in [0.717, 1.165) is 38.8 Å². The lowest BCUT2D eigenvalue weighted by molar-refractivity contribution is -0.238. The van der Waals surface area contributed by atoms with Crippen LogP contribution in [0.4, 0.5) is 17.1 Å². The van der Waals surface area contributed by atoms with E-state index in [1.807, 2.05) is 13.0 Å². The topological polar surface area (TPSA) is 100 Å². The van der Waals surface area contributed by atoms with Crippen molar-refractivity contribution in [2.45, 2.75) is 58.0 Å².